The average Bonchev–Trinajstić information content (AvgIpc) is 2.31. The van der Waals surface area contributed by atoms with Crippen molar-refractivity contribution in [2.75, 3.05) is 0 Å². The molecule has 0 radical (unpaired) electrons. The molecule has 0 spiro atoms. The standard InChI is InChI=1S/C7H4BrClOS/c8-6-3-1-5(11-6)2-4-7(9)10/h1-4H. The summed E-state index contributed by atoms with van der Waals surface area (Å²) < 4.78 is 1.04. The van der Waals surface area contributed by atoms with E-state index in [9.17, 15) is 4.79 Å². The van der Waals surface area contributed by atoms with Gasteiger partial charge in [-0.2, -0.15) is 0 Å². The van der Waals surface area contributed by atoms with Crippen LogP contribution in [0.1, 0.15) is 4.88 Å². The molecule has 0 saturated carbocycles. The Kier molecular flexibility index (Phi) is 3.30. The topological polar surface area (TPSA) is 17.1 Å². The number of halogens is 2. The van der Waals surface area contributed by atoms with Gasteiger partial charge in [-0.3, -0.25) is 4.79 Å². The molecule has 1 nitrogen and oxygen atoms in total. The van der Waals surface area contributed by atoms with E-state index in [2.05, 4.69) is 15.9 Å². The number of carbonyl (C=O) groups excluding carboxylic acids is 1. The molecule has 1 aromatic rings. The highest BCUT2D eigenvalue weighted by Crippen LogP contribution is 2.22. The summed E-state index contributed by atoms with van der Waals surface area (Å²) >= 11 is 9.96. The Labute approximate surface area is 81.8 Å². The molecule has 1 aromatic heterocycles. The van der Waals surface area contributed by atoms with Crippen LogP contribution in [0.3, 0.4) is 0 Å². The summed E-state index contributed by atoms with van der Waals surface area (Å²) in [7, 11) is 0. The zero-order valence-corrected chi connectivity index (χ0v) is 8.54. The van der Waals surface area contributed by atoms with Gasteiger partial charge in [0.05, 0.1) is 3.79 Å². The molecule has 58 valence electrons. The van der Waals surface area contributed by atoms with E-state index >= 15 is 0 Å². The average molecular weight is 252 g/mol. The van der Waals surface area contributed by atoms with Gasteiger partial charge in [0, 0.05) is 4.88 Å². The second-order valence-electron chi connectivity index (χ2n) is 1.78. The van der Waals surface area contributed by atoms with E-state index in [0.29, 0.717) is 0 Å². The predicted molar refractivity (Wildman–Crippen MR) is 51.9 cm³/mol. The lowest BCUT2D eigenvalue weighted by atomic mass is 10.4. The molecular formula is C7H4BrClOS. The van der Waals surface area contributed by atoms with Crippen molar-refractivity contribution >= 4 is 50.2 Å². The van der Waals surface area contributed by atoms with Gasteiger partial charge in [-0.05, 0) is 51.8 Å². The molecule has 1 rings (SSSR count). The van der Waals surface area contributed by atoms with E-state index in [1.807, 2.05) is 12.1 Å². The smallest absolute Gasteiger partial charge is 0.245 e. The lowest BCUT2D eigenvalue weighted by Gasteiger charge is -1.78. The normalized spacial score (nSPS) is 10.7. The zero-order valence-electron chi connectivity index (χ0n) is 5.38. The van der Waals surface area contributed by atoms with Crippen LogP contribution in [0.15, 0.2) is 22.0 Å². The Morgan fingerprint density at radius 1 is 1.64 bits per heavy atom. The summed E-state index contributed by atoms with van der Waals surface area (Å²) in [5, 5.41) is -0.450. The summed E-state index contributed by atoms with van der Waals surface area (Å²) in [5.74, 6) is 0. The minimum atomic E-state index is -0.450. The molecule has 0 atom stereocenters. The van der Waals surface area contributed by atoms with E-state index in [1.54, 1.807) is 17.4 Å². The maximum absolute atomic E-state index is 10.3. The van der Waals surface area contributed by atoms with Crippen LogP contribution in [-0.4, -0.2) is 5.24 Å². The Morgan fingerprint density at radius 3 is 2.82 bits per heavy atom. The first-order valence-electron chi connectivity index (χ1n) is 2.81. The quantitative estimate of drug-likeness (QED) is 0.582. The summed E-state index contributed by atoms with van der Waals surface area (Å²) in [5.41, 5.74) is 0. The SMILES string of the molecule is O=C(Cl)C=Cc1ccc(Br)s1. The van der Waals surface area contributed by atoms with Crippen LogP contribution in [0.25, 0.3) is 6.08 Å². The van der Waals surface area contributed by atoms with E-state index in [1.165, 1.54) is 6.08 Å². The van der Waals surface area contributed by atoms with Gasteiger partial charge in [0.2, 0.25) is 5.24 Å². The van der Waals surface area contributed by atoms with Crippen LogP contribution in [0.5, 0.6) is 0 Å². The molecule has 0 bridgehead atoms. The molecule has 1 heterocycles. The molecular weight excluding hydrogens is 248 g/mol. The molecule has 4 heteroatoms. The Bertz CT molecular complexity index is 292. The van der Waals surface area contributed by atoms with Crippen LogP contribution in [-0.2, 0) is 4.79 Å². The van der Waals surface area contributed by atoms with Gasteiger partial charge in [-0.1, -0.05) is 0 Å². The van der Waals surface area contributed by atoms with E-state index in [-0.39, 0.29) is 0 Å². The van der Waals surface area contributed by atoms with Crippen LogP contribution < -0.4 is 0 Å². The van der Waals surface area contributed by atoms with Gasteiger partial charge in [-0.15, -0.1) is 11.3 Å². The molecule has 0 aliphatic heterocycles. The first-order valence-corrected chi connectivity index (χ1v) is 4.80. The molecule has 0 fully saturated rings. The van der Waals surface area contributed by atoms with Crippen molar-refractivity contribution in [3.8, 4) is 0 Å². The molecule has 11 heavy (non-hydrogen) atoms. The van der Waals surface area contributed by atoms with Crippen LogP contribution in [0.4, 0.5) is 0 Å². The van der Waals surface area contributed by atoms with Gasteiger partial charge < -0.3 is 0 Å². The number of carbonyl (C=O) groups is 1. The number of rotatable bonds is 2. The highest BCUT2D eigenvalue weighted by Gasteiger charge is 1.92. The molecule has 0 aliphatic carbocycles. The van der Waals surface area contributed by atoms with Gasteiger partial charge in [0.25, 0.3) is 0 Å². The van der Waals surface area contributed by atoms with Crippen molar-refractivity contribution in [3.05, 3.63) is 26.9 Å². The lowest BCUT2D eigenvalue weighted by molar-refractivity contribution is -0.107. The molecule has 0 amide bonds. The van der Waals surface area contributed by atoms with Crippen LogP contribution >= 0.6 is 38.9 Å². The predicted octanol–water partition coefficient (Wildman–Crippen LogP) is 3.29. The molecule has 0 unspecified atom stereocenters. The number of allylic oxidation sites excluding steroid dienone is 1. The highest BCUT2D eigenvalue weighted by atomic mass is 79.9. The summed E-state index contributed by atoms with van der Waals surface area (Å²) in [6.45, 7) is 0. The van der Waals surface area contributed by atoms with E-state index < -0.39 is 5.24 Å². The number of hydrogen-bond donors (Lipinski definition) is 0. The Morgan fingerprint density at radius 2 is 2.36 bits per heavy atom. The van der Waals surface area contributed by atoms with Crippen molar-refractivity contribution in [2.24, 2.45) is 0 Å². The molecule has 0 N–H and O–H groups in total. The largest absolute Gasteiger partial charge is 0.276 e. The third-order valence-corrected chi connectivity index (χ3v) is 2.69. The maximum atomic E-state index is 10.3. The minimum Gasteiger partial charge on any atom is -0.276 e. The fourth-order valence-corrected chi connectivity index (χ4v) is 1.95. The molecule has 0 saturated heterocycles. The summed E-state index contributed by atoms with van der Waals surface area (Å²) in [6.07, 6.45) is 3.02. The first-order chi connectivity index (χ1) is 5.18. The zero-order chi connectivity index (χ0) is 8.27. The first kappa shape index (κ1) is 8.97. The van der Waals surface area contributed by atoms with Crippen LogP contribution in [0, 0.1) is 0 Å². The lowest BCUT2D eigenvalue weighted by Crippen LogP contribution is -1.72. The summed E-state index contributed by atoms with van der Waals surface area (Å²) in [4.78, 5) is 11.3. The summed E-state index contributed by atoms with van der Waals surface area (Å²) in [6, 6.07) is 3.83. The third kappa shape index (κ3) is 3.18. The van der Waals surface area contributed by atoms with Crippen molar-refractivity contribution in [1.82, 2.24) is 0 Å². The van der Waals surface area contributed by atoms with Crippen molar-refractivity contribution in [2.45, 2.75) is 0 Å². The van der Waals surface area contributed by atoms with Crippen molar-refractivity contribution in [1.29, 1.82) is 0 Å². The van der Waals surface area contributed by atoms with E-state index in [0.717, 1.165) is 8.66 Å². The van der Waals surface area contributed by atoms with Crippen molar-refractivity contribution < 1.29 is 4.79 Å². The van der Waals surface area contributed by atoms with Gasteiger partial charge in [-0.25, -0.2) is 0 Å². The molecule has 0 aromatic carbocycles. The van der Waals surface area contributed by atoms with Gasteiger partial charge >= 0.3 is 0 Å². The van der Waals surface area contributed by atoms with Crippen LogP contribution in [0.2, 0.25) is 0 Å². The Balaban J connectivity index is 2.71. The van der Waals surface area contributed by atoms with Gasteiger partial charge in [0.15, 0.2) is 0 Å². The fourth-order valence-electron chi connectivity index (χ4n) is 0.566. The second-order valence-corrected chi connectivity index (χ2v) is 4.65. The second kappa shape index (κ2) is 4.04. The third-order valence-electron chi connectivity index (χ3n) is 0.973. The number of hydrogen-bond acceptors (Lipinski definition) is 2. The van der Waals surface area contributed by atoms with Crippen molar-refractivity contribution in [3.63, 3.8) is 0 Å². The minimum absolute atomic E-state index is 0.450. The maximum Gasteiger partial charge on any atom is 0.245 e. The van der Waals surface area contributed by atoms with Gasteiger partial charge in [0.1, 0.15) is 0 Å². The molecule has 0 aliphatic rings. The van der Waals surface area contributed by atoms with E-state index in [4.69, 9.17) is 11.6 Å². The monoisotopic (exact) mass is 250 g/mol. The Hall–Kier alpha value is -0.120. The fraction of sp³-hybridized carbons (Fsp3) is 0. The highest BCUT2D eigenvalue weighted by molar-refractivity contribution is 9.11. The number of thiophene rings is 1.